The standard InChI is InChI=1S/C29H30O2/c1-2-8-28(9-3-1)30-21-31-29-17-16-26-19-23(13-15-27(26)20-29)11-10-22-12-14-24-6-4-5-7-25(24)18-22/h4-7,12-20,28H,1-3,8-11,21H2. The van der Waals surface area contributed by atoms with E-state index in [1.165, 1.54) is 64.8 Å². The van der Waals surface area contributed by atoms with Crippen molar-refractivity contribution < 1.29 is 9.47 Å². The zero-order valence-electron chi connectivity index (χ0n) is 18.1. The van der Waals surface area contributed by atoms with Gasteiger partial charge in [-0.2, -0.15) is 0 Å². The molecule has 5 rings (SSSR count). The second kappa shape index (κ2) is 9.53. The fraction of sp³-hybridized carbons (Fsp3) is 0.310. The fourth-order valence-electron chi connectivity index (χ4n) is 4.63. The molecule has 0 aromatic heterocycles. The minimum absolute atomic E-state index is 0.347. The maximum absolute atomic E-state index is 5.90. The number of benzene rings is 4. The first-order valence-electron chi connectivity index (χ1n) is 11.6. The van der Waals surface area contributed by atoms with Crippen LogP contribution in [0.4, 0.5) is 0 Å². The van der Waals surface area contributed by atoms with Gasteiger partial charge in [0.25, 0.3) is 0 Å². The summed E-state index contributed by atoms with van der Waals surface area (Å²) in [5.74, 6) is 0.882. The van der Waals surface area contributed by atoms with Crippen LogP contribution in [0, 0.1) is 0 Å². The number of hydrogen-bond donors (Lipinski definition) is 0. The number of rotatable bonds is 7. The molecule has 2 heteroatoms. The molecule has 0 spiro atoms. The SMILES string of the molecule is c1ccc2cc(CCc3ccc4cc(OCOC5CCCCC5)ccc4c3)ccc2c1. The van der Waals surface area contributed by atoms with Crippen molar-refractivity contribution >= 4 is 21.5 Å². The Hall–Kier alpha value is -2.84. The third-order valence-electron chi connectivity index (χ3n) is 6.47. The van der Waals surface area contributed by atoms with Gasteiger partial charge in [0.15, 0.2) is 6.79 Å². The fourth-order valence-corrected chi connectivity index (χ4v) is 4.63. The van der Waals surface area contributed by atoms with E-state index in [0.29, 0.717) is 12.9 Å². The van der Waals surface area contributed by atoms with Crippen LogP contribution in [0.5, 0.6) is 5.75 Å². The first-order valence-corrected chi connectivity index (χ1v) is 11.6. The summed E-state index contributed by atoms with van der Waals surface area (Å²) in [7, 11) is 0. The van der Waals surface area contributed by atoms with Crippen LogP contribution < -0.4 is 4.74 Å². The molecule has 0 aliphatic heterocycles. The van der Waals surface area contributed by atoms with E-state index in [1.54, 1.807) is 0 Å². The van der Waals surface area contributed by atoms with Crippen LogP contribution in [0.1, 0.15) is 43.2 Å². The minimum atomic E-state index is 0.347. The molecule has 1 fully saturated rings. The largest absolute Gasteiger partial charge is 0.468 e. The van der Waals surface area contributed by atoms with Crippen LogP contribution in [0.25, 0.3) is 21.5 Å². The van der Waals surface area contributed by atoms with Crippen LogP contribution in [0.2, 0.25) is 0 Å². The number of fused-ring (bicyclic) bond motifs is 2. The average molecular weight is 411 g/mol. The smallest absolute Gasteiger partial charge is 0.189 e. The molecule has 0 saturated heterocycles. The van der Waals surface area contributed by atoms with Gasteiger partial charge in [0.05, 0.1) is 6.10 Å². The van der Waals surface area contributed by atoms with Gasteiger partial charge >= 0.3 is 0 Å². The molecule has 4 aromatic rings. The van der Waals surface area contributed by atoms with Crippen molar-refractivity contribution in [3.05, 3.63) is 90.0 Å². The van der Waals surface area contributed by atoms with Crippen LogP contribution in [-0.2, 0) is 17.6 Å². The summed E-state index contributed by atoms with van der Waals surface area (Å²) in [5, 5.41) is 5.10. The number of ether oxygens (including phenoxy) is 2. The van der Waals surface area contributed by atoms with Crippen molar-refractivity contribution in [2.75, 3.05) is 6.79 Å². The Bertz CT molecular complexity index is 1160. The molecule has 0 radical (unpaired) electrons. The van der Waals surface area contributed by atoms with E-state index >= 15 is 0 Å². The lowest BCUT2D eigenvalue weighted by Gasteiger charge is -2.21. The average Bonchev–Trinajstić information content (AvgIpc) is 2.83. The molecule has 0 atom stereocenters. The summed E-state index contributed by atoms with van der Waals surface area (Å²) in [6, 6.07) is 28.4. The van der Waals surface area contributed by atoms with Crippen LogP contribution in [-0.4, -0.2) is 12.9 Å². The zero-order chi connectivity index (χ0) is 20.9. The van der Waals surface area contributed by atoms with E-state index in [1.807, 2.05) is 0 Å². The van der Waals surface area contributed by atoms with Crippen LogP contribution >= 0.6 is 0 Å². The van der Waals surface area contributed by atoms with E-state index in [-0.39, 0.29) is 0 Å². The van der Waals surface area contributed by atoms with Gasteiger partial charge in [0, 0.05) is 0 Å². The highest BCUT2D eigenvalue weighted by Gasteiger charge is 2.13. The highest BCUT2D eigenvalue weighted by molar-refractivity contribution is 5.85. The van der Waals surface area contributed by atoms with Gasteiger partial charge in [-0.25, -0.2) is 0 Å². The Kier molecular flexibility index (Phi) is 6.18. The highest BCUT2D eigenvalue weighted by atomic mass is 16.7. The normalized spacial score (nSPS) is 14.8. The first-order chi connectivity index (χ1) is 15.3. The molecule has 31 heavy (non-hydrogen) atoms. The van der Waals surface area contributed by atoms with Gasteiger partial charge in [0.2, 0.25) is 0 Å². The van der Waals surface area contributed by atoms with Crippen molar-refractivity contribution in [3.8, 4) is 5.75 Å². The molecule has 1 aliphatic carbocycles. The number of aryl methyl sites for hydroxylation is 2. The van der Waals surface area contributed by atoms with Gasteiger partial charge < -0.3 is 9.47 Å². The van der Waals surface area contributed by atoms with E-state index in [4.69, 9.17) is 9.47 Å². The topological polar surface area (TPSA) is 18.5 Å². The summed E-state index contributed by atoms with van der Waals surface area (Å²) in [6.07, 6.45) is 8.71. The lowest BCUT2D eigenvalue weighted by atomic mass is 9.98. The minimum Gasteiger partial charge on any atom is -0.468 e. The van der Waals surface area contributed by atoms with Gasteiger partial charge in [0.1, 0.15) is 5.75 Å². The second-order valence-electron chi connectivity index (χ2n) is 8.71. The van der Waals surface area contributed by atoms with Crippen molar-refractivity contribution in [1.29, 1.82) is 0 Å². The molecular formula is C29H30O2. The Morgan fingerprint density at radius 3 is 2.00 bits per heavy atom. The van der Waals surface area contributed by atoms with Crippen LogP contribution in [0.3, 0.4) is 0 Å². The van der Waals surface area contributed by atoms with E-state index < -0.39 is 0 Å². The Balaban J connectivity index is 1.20. The summed E-state index contributed by atoms with van der Waals surface area (Å²) >= 11 is 0. The zero-order valence-corrected chi connectivity index (χ0v) is 18.1. The van der Waals surface area contributed by atoms with E-state index in [0.717, 1.165) is 18.6 Å². The molecule has 0 unspecified atom stereocenters. The lowest BCUT2D eigenvalue weighted by molar-refractivity contribution is -0.0496. The molecule has 0 bridgehead atoms. The van der Waals surface area contributed by atoms with Crippen molar-refractivity contribution in [1.82, 2.24) is 0 Å². The first kappa shape index (κ1) is 20.1. The molecule has 0 heterocycles. The Morgan fingerprint density at radius 2 is 1.23 bits per heavy atom. The lowest BCUT2D eigenvalue weighted by Crippen LogP contribution is -2.19. The monoisotopic (exact) mass is 410 g/mol. The number of hydrogen-bond acceptors (Lipinski definition) is 2. The highest BCUT2D eigenvalue weighted by Crippen LogP contribution is 2.25. The summed E-state index contributed by atoms with van der Waals surface area (Å²) < 4.78 is 11.8. The van der Waals surface area contributed by atoms with Crippen LogP contribution in [0.15, 0.2) is 78.9 Å². The van der Waals surface area contributed by atoms with Gasteiger partial charge in [-0.15, -0.1) is 0 Å². The molecule has 0 N–H and O–H groups in total. The van der Waals surface area contributed by atoms with Gasteiger partial charge in [-0.1, -0.05) is 86.0 Å². The molecular weight excluding hydrogens is 380 g/mol. The molecule has 158 valence electrons. The van der Waals surface area contributed by atoms with Gasteiger partial charge in [-0.05, 0) is 70.5 Å². The van der Waals surface area contributed by atoms with E-state index in [2.05, 4.69) is 78.9 Å². The van der Waals surface area contributed by atoms with Crippen molar-refractivity contribution in [2.45, 2.75) is 51.0 Å². The van der Waals surface area contributed by atoms with Crippen molar-refractivity contribution in [3.63, 3.8) is 0 Å². The quantitative estimate of drug-likeness (QED) is 0.294. The summed E-state index contributed by atoms with van der Waals surface area (Å²) in [6.45, 7) is 0.347. The second-order valence-corrected chi connectivity index (χ2v) is 8.71. The summed E-state index contributed by atoms with van der Waals surface area (Å²) in [5.41, 5.74) is 2.76. The maximum Gasteiger partial charge on any atom is 0.189 e. The van der Waals surface area contributed by atoms with E-state index in [9.17, 15) is 0 Å². The molecule has 0 amide bonds. The Morgan fingerprint density at radius 1 is 0.613 bits per heavy atom. The van der Waals surface area contributed by atoms with Crippen molar-refractivity contribution in [2.24, 2.45) is 0 Å². The molecule has 2 nitrogen and oxygen atoms in total. The molecule has 1 saturated carbocycles. The predicted octanol–water partition coefficient (Wildman–Crippen LogP) is 7.46. The predicted molar refractivity (Wildman–Crippen MR) is 129 cm³/mol. The molecule has 4 aromatic carbocycles. The molecule has 1 aliphatic rings. The third-order valence-corrected chi connectivity index (χ3v) is 6.47. The summed E-state index contributed by atoms with van der Waals surface area (Å²) in [4.78, 5) is 0. The maximum atomic E-state index is 5.90. The Labute approximate surface area is 184 Å². The van der Waals surface area contributed by atoms with Gasteiger partial charge in [-0.3, -0.25) is 0 Å². The third kappa shape index (κ3) is 5.08.